The van der Waals surface area contributed by atoms with Crippen LogP contribution in [0.15, 0.2) is 56.8 Å². The Morgan fingerprint density at radius 1 is 1.30 bits per heavy atom. The zero-order valence-corrected chi connectivity index (χ0v) is 19.7. The molecule has 0 atom stereocenters. The van der Waals surface area contributed by atoms with E-state index < -0.39 is 0 Å². The van der Waals surface area contributed by atoms with E-state index in [1.54, 1.807) is 17.0 Å². The number of hydrogen-bond donors (Lipinski definition) is 0. The SMILES string of the molecule is C#CCOc1ccc(/C=C2\SC(=Nc3ccc(Cl)cc3)N(CC(C)C)C2=O)cc1Br. The van der Waals surface area contributed by atoms with E-state index in [9.17, 15) is 4.79 Å². The Morgan fingerprint density at radius 2 is 2.03 bits per heavy atom. The standard InChI is InChI=1S/C23H20BrClN2O2S/c1-4-11-29-20-10-5-16(12-19(20)24)13-21-22(28)27(14-15(2)3)23(30-21)26-18-8-6-17(25)7-9-18/h1,5-10,12-13,15H,11,14H2,2-3H3/b21-13-,26-23?. The topological polar surface area (TPSA) is 41.9 Å². The van der Waals surface area contributed by atoms with Crippen LogP contribution in [0, 0.1) is 18.3 Å². The zero-order chi connectivity index (χ0) is 21.7. The van der Waals surface area contributed by atoms with Crippen LogP contribution in [0.3, 0.4) is 0 Å². The van der Waals surface area contributed by atoms with Gasteiger partial charge in [0.25, 0.3) is 5.91 Å². The molecule has 0 spiro atoms. The fourth-order valence-electron chi connectivity index (χ4n) is 2.74. The van der Waals surface area contributed by atoms with E-state index in [1.807, 2.05) is 36.4 Å². The van der Waals surface area contributed by atoms with Crippen molar-refractivity contribution in [1.29, 1.82) is 0 Å². The van der Waals surface area contributed by atoms with E-state index >= 15 is 0 Å². The molecule has 0 saturated carbocycles. The first-order valence-electron chi connectivity index (χ1n) is 9.29. The summed E-state index contributed by atoms with van der Waals surface area (Å²) in [6.07, 6.45) is 7.10. The number of rotatable bonds is 6. The monoisotopic (exact) mass is 502 g/mol. The van der Waals surface area contributed by atoms with Crippen LogP contribution in [0.5, 0.6) is 5.75 Å². The highest BCUT2D eigenvalue weighted by molar-refractivity contribution is 9.10. The Kier molecular flexibility index (Phi) is 7.65. The van der Waals surface area contributed by atoms with Gasteiger partial charge in [0.05, 0.1) is 15.1 Å². The average Bonchev–Trinajstić information content (AvgIpc) is 2.97. The quantitative estimate of drug-likeness (QED) is 0.339. The van der Waals surface area contributed by atoms with Crippen LogP contribution in [0.2, 0.25) is 5.02 Å². The van der Waals surface area contributed by atoms with Gasteiger partial charge in [-0.3, -0.25) is 9.69 Å². The van der Waals surface area contributed by atoms with Crippen LogP contribution in [0.4, 0.5) is 5.69 Å². The number of aliphatic imine (C=N–C) groups is 1. The highest BCUT2D eigenvalue weighted by atomic mass is 79.9. The molecule has 0 aliphatic carbocycles. The van der Waals surface area contributed by atoms with E-state index in [0.717, 1.165) is 15.7 Å². The van der Waals surface area contributed by atoms with Gasteiger partial charge in [-0.25, -0.2) is 4.99 Å². The molecule has 7 heteroatoms. The van der Waals surface area contributed by atoms with Crippen LogP contribution in [-0.2, 0) is 4.79 Å². The summed E-state index contributed by atoms with van der Waals surface area (Å²) in [7, 11) is 0. The minimum atomic E-state index is -0.0507. The Labute approximate surface area is 194 Å². The molecule has 1 amide bonds. The molecule has 3 rings (SSSR count). The van der Waals surface area contributed by atoms with Crippen molar-refractivity contribution in [3.8, 4) is 18.1 Å². The Morgan fingerprint density at radius 3 is 2.67 bits per heavy atom. The predicted octanol–water partition coefficient (Wildman–Crippen LogP) is 6.37. The summed E-state index contributed by atoms with van der Waals surface area (Å²) >= 11 is 10.8. The van der Waals surface area contributed by atoms with Crippen molar-refractivity contribution in [2.24, 2.45) is 10.9 Å². The maximum absolute atomic E-state index is 13.1. The summed E-state index contributed by atoms with van der Waals surface area (Å²) in [5, 5.41) is 1.31. The van der Waals surface area contributed by atoms with Crippen molar-refractivity contribution >= 4 is 62.1 Å². The molecule has 1 aliphatic heterocycles. The second kappa shape index (κ2) is 10.2. The van der Waals surface area contributed by atoms with Gasteiger partial charge in [-0.05, 0) is 81.6 Å². The lowest BCUT2D eigenvalue weighted by atomic mass is 10.2. The van der Waals surface area contributed by atoms with Crippen molar-refractivity contribution < 1.29 is 9.53 Å². The van der Waals surface area contributed by atoms with Crippen LogP contribution in [0.25, 0.3) is 6.08 Å². The molecule has 1 heterocycles. The summed E-state index contributed by atoms with van der Waals surface area (Å²) in [6.45, 7) is 4.94. The lowest BCUT2D eigenvalue weighted by molar-refractivity contribution is -0.122. The number of thioether (sulfide) groups is 1. The van der Waals surface area contributed by atoms with Gasteiger partial charge in [0.1, 0.15) is 12.4 Å². The molecule has 0 unspecified atom stereocenters. The summed E-state index contributed by atoms with van der Waals surface area (Å²) in [4.78, 5) is 20.1. The highest BCUT2D eigenvalue weighted by Gasteiger charge is 2.33. The number of nitrogens with zero attached hydrogens (tertiary/aromatic N) is 2. The molecule has 0 N–H and O–H groups in total. The molecule has 1 saturated heterocycles. The lowest BCUT2D eigenvalue weighted by Gasteiger charge is -2.17. The number of terminal acetylenes is 1. The van der Waals surface area contributed by atoms with Gasteiger partial charge in [0, 0.05) is 11.6 Å². The van der Waals surface area contributed by atoms with Gasteiger partial charge in [0.2, 0.25) is 0 Å². The number of hydrogen-bond acceptors (Lipinski definition) is 4. The van der Waals surface area contributed by atoms with Crippen molar-refractivity contribution in [2.45, 2.75) is 13.8 Å². The van der Waals surface area contributed by atoms with Gasteiger partial charge in [-0.1, -0.05) is 37.4 Å². The van der Waals surface area contributed by atoms with Crippen molar-refractivity contribution in [2.75, 3.05) is 13.2 Å². The van der Waals surface area contributed by atoms with E-state index in [1.165, 1.54) is 11.8 Å². The van der Waals surface area contributed by atoms with Crippen LogP contribution >= 0.6 is 39.3 Å². The van der Waals surface area contributed by atoms with Crippen LogP contribution in [0.1, 0.15) is 19.4 Å². The van der Waals surface area contributed by atoms with E-state index in [0.29, 0.717) is 33.3 Å². The normalized spacial score (nSPS) is 16.5. The Bertz CT molecular complexity index is 1040. The third kappa shape index (κ3) is 5.69. The Balaban J connectivity index is 1.90. The zero-order valence-electron chi connectivity index (χ0n) is 16.6. The molecule has 2 aromatic rings. The molecule has 0 bridgehead atoms. The number of amides is 1. The molecule has 0 aromatic heterocycles. The smallest absolute Gasteiger partial charge is 0.266 e. The minimum Gasteiger partial charge on any atom is -0.480 e. The van der Waals surface area contributed by atoms with E-state index in [2.05, 4.69) is 40.7 Å². The Hall–Kier alpha value is -2.20. The predicted molar refractivity (Wildman–Crippen MR) is 129 cm³/mol. The lowest BCUT2D eigenvalue weighted by Crippen LogP contribution is -2.32. The number of halogens is 2. The maximum Gasteiger partial charge on any atom is 0.266 e. The molecule has 1 fully saturated rings. The molecule has 1 aliphatic rings. The van der Waals surface area contributed by atoms with Crippen LogP contribution < -0.4 is 4.74 Å². The molecule has 0 radical (unpaired) electrons. The molecule has 4 nitrogen and oxygen atoms in total. The number of benzene rings is 2. The number of carbonyl (C=O) groups excluding carboxylic acids is 1. The third-order valence-electron chi connectivity index (χ3n) is 4.05. The average molecular weight is 504 g/mol. The van der Waals surface area contributed by atoms with Gasteiger partial charge < -0.3 is 4.74 Å². The highest BCUT2D eigenvalue weighted by Crippen LogP contribution is 2.36. The van der Waals surface area contributed by atoms with Crippen molar-refractivity contribution in [1.82, 2.24) is 4.90 Å². The van der Waals surface area contributed by atoms with Gasteiger partial charge in [-0.2, -0.15) is 0 Å². The second-order valence-corrected chi connectivity index (χ2v) is 9.27. The van der Waals surface area contributed by atoms with Gasteiger partial charge in [0.15, 0.2) is 5.17 Å². The van der Waals surface area contributed by atoms with Crippen molar-refractivity contribution in [3.63, 3.8) is 0 Å². The van der Waals surface area contributed by atoms with Crippen LogP contribution in [-0.4, -0.2) is 29.1 Å². The first-order valence-corrected chi connectivity index (χ1v) is 11.3. The minimum absolute atomic E-state index is 0.0507. The van der Waals surface area contributed by atoms with Gasteiger partial charge >= 0.3 is 0 Å². The third-order valence-corrected chi connectivity index (χ3v) is 5.93. The molecular formula is C23H20BrClN2O2S. The van der Waals surface area contributed by atoms with Gasteiger partial charge in [-0.15, -0.1) is 6.42 Å². The molecule has 154 valence electrons. The molecule has 2 aromatic carbocycles. The molecule has 30 heavy (non-hydrogen) atoms. The summed E-state index contributed by atoms with van der Waals surface area (Å²) in [6, 6.07) is 12.8. The number of amidine groups is 1. The van der Waals surface area contributed by atoms with Crippen molar-refractivity contribution in [3.05, 3.63) is 62.4 Å². The van der Waals surface area contributed by atoms with E-state index in [4.69, 9.17) is 22.8 Å². The molecular weight excluding hydrogens is 484 g/mol. The second-order valence-electron chi connectivity index (χ2n) is 6.97. The summed E-state index contributed by atoms with van der Waals surface area (Å²) in [5.41, 5.74) is 1.63. The maximum atomic E-state index is 13.1. The number of carbonyl (C=O) groups is 1. The fraction of sp³-hybridized carbons (Fsp3) is 0.217. The largest absolute Gasteiger partial charge is 0.480 e. The summed E-state index contributed by atoms with van der Waals surface area (Å²) < 4.78 is 6.25. The number of ether oxygens (including phenoxy) is 1. The first kappa shape index (κ1) is 22.5. The fourth-order valence-corrected chi connectivity index (χ4v) is 4.38. The first-order chi connectivity index (χ1) is 14.4. The summed E-state index contributed by atoms with van der Waals surface area (Å²) in [5.74, 6) is 3.36. The van der Waals surface area contributed by atoms with E-state index in [-0.39, 0.29) is 12.5 Å².